The molecule has 0 aliphatic carbocycles. The molecule has 0 amide bonds. The van der Waals surface area contributed by atoms with E-state index in [-0.39, 0.29) is 0 Å². The monoisotopic (exact) mass is 286 g/mol. The van der Waals surface area contributed by atoms with Crippen molar-refractivity contribution in [2.75, 3.05) is 49.6 Å². The van der Waals surface area contributed by atoms with Gasteiger partial charge in [0.15, 0.2) is 5.13 Å². The second kappa shape index (κ2) is 7.33. The van der Waals surface area contributed by atoms with Crippen LogP contribution in [0.4, 0.5) is 5.13 Å². The summed E-state index contributed by atoms with van der Waals surface area (Å²) in [5, 5.41) is 3.20. The minimum Gasteiger partial charge on any atom is -0.346 e. The number of aromatic nitrogens is 1. The Morgan fingerprint density at radius 1 is 1.44 bits per heavy atom. The van der Waals surface area contributed by atoms with E-state index in [0.717, 1.165) is 37.9 Å². The number of hydrogen-bond acceptors (Lipinski definition) is 6. The van der Waals surface area contributed by atoms with Crippen LogP contribution >= 0.6 is 23.1 Å². The summed E-state index contributed by atoms with van der Waals surface area (Å²) in [4.78, 5) is 9.30. The van der Waals surface area contributed by atoms with E-state index < -0.39 is 0 Å². The lowest BCUT2D eigenvalue weighted by Gasteiger charge is -2.38. The van der Waals surface area contributed by atoms with Gasteiger partial charge in [-0.1, -0.05) is 0 Å². The molecule has 6 heteroatoms. The molecule has 1 aromatic rings. The lowest BCUT2D eigenvalue weighted by atomic mass is 10.1. The highest BCUT2D eigenvalue weighted by molar-refractivity contribution is 7.98. The predicted molar refractivity (Wildman–Crippen MR) is 81.7 cm³/mol. The Balaban J connectivity index is 1.81. The first kappa shape index (κ1) is 14.1. The Kier molecular flexibility index (Phi) is 5.75. The van der Waals surface area contributed by atoms with Gasteiger partial charge >= 0.3 is 0 Å². The van der Waals surface area contributed by atoms with Gasteiger partial charge in [-0.15, -0.1) is 11.3 Å². The SMILES string of the molecule is CSCCC(CN)N1CCN(c2nccs2)CC1. The van der Waals surface area contributed by atoms with Crippen molar-refractivity contribution in [3.8, 4) is 0 Å². The Bertz CT molecular complexity index is 323. The third-order valence-electron chi connectivity index (χ3n) is 3.45. The van der Waals surface area contributed by atoms with Crippen LogP contribution < -0.4 is 10.6 Å². The molecule has 1 unspecified atom stereocenters. The number of nitrogens with two attached hydrogens (primary N) is 1. The van der Waals surface area contributed by atoms with Gasteiger partial charge in [0.05, 0.1) is 0 Å². The maximum Gasteiger partial charge on any atom is 0.185 e. The van der Waals surface area contributed by atoms with Crippen LogP contribution in [0.15, 0.2) is 11.6 Å². The summed E-state index contributed by atoms with van der Waals surface area (Å²) in [5.41, 5.74) is 5.90. The molecule has 2 heterocycles. The number of anilines is 1. The molecule has 0 saturated carbocycles. The van der Waals surface area contributed by atoms with E-state index >= 15 is 0 Å². The highest BCUT2D eigenvalue weighted by atomic mass is 32.2. The minimum absolute atomic E-state index is 0.552. The van der Waals surface area contributed by atoms with Crippen LogP contribution in [0.3, 0.4) is 0 Å². The van der Waals surface area contributed by atoms with Gasteiger partial charge in [0.25, 0.3) is 0 Å². The molecule has 0 aromatic carbocycles. The highest BCUT2D eigenvalue weighted by Gasteiger charge is 2.23. The molecule has 1 aliphatic heterocycles. The maximum atomic E-state index is 5.90. The molecule has 0 radical (unpaired) electrons. The lowest BCUT2D eigenvalue weighted by molar-refractivity contribution is 0.185. The van der Waals surface area contributed by atoms with Crippen LogP contribution in [0.5, 0.6) is 0 Å². The lowest BCUT2D eigenvalue weighted by Crippen LogP contribution is -2.52. The van der Waals surface area contributed by atoms with E-state index in [9.17, 15) is 0 Å². The summed E-state index contributed by atoms with van der Waals surface area (Å²) in [5.74, 6) is 1.20. The summed E-state index contributed by atoms with van der Waals surface area (Å²) in [6, 6.07) is 0.552. The standard InChI is InChI=1S/C12H22N4S2/c1-17-8-2-11(10-13)15-4-6-16(7-5-15)12-14-3-9-18-12/h3,9,11H,2,4-8,10,13H2,1H3. The summed E-state index contributed by atoms with van der Waals surface area (Å²) in [6.45, 7) is 5.13. The van der Waals surface area contributed by atoms with Crippen LogP contribution in [-0.2, 0) is 0 Å². The van der Waals surface area contributed by atoms with Crippen molar-refractivity contribution in [2.24, 2.45) is 5.73 Å². The van der Waals surface area contributed by atoms with Crippen LogP contribution in [0.1, 0.15) is 6.42 Å². The van der Waals surface area contributed by atoms with Crippen molar-refractivity contribution in [1.29, 1.82) is 0 Å². The summed E-state index contributed by atoms with van der Waals surface area (Å²) in [7, 11) is 0. The number of rotatable bonds is 6. The minimum atomic E-state index is 0.552. The van der Waals surface area contributed by atoms with Gasteiger partial charge in [0.1, 0.15) is 0 Å². The summed E-state index contributed by atoms with van der Waals surface area (Å²) < 4.78 is 0. The molecular formula is C12H22N4S2. The maximum absolute atomic E-state index is 5.90. The number of thioether (sulfide) groups is 1. The predicted octanol–water partition coefficient (Wildman–Crippen LogP) is 1.35. The molecule has 2 rings (SSSR count). The van der Waals surface area contributed by atoms with Crippen molar-refractivity contribution in [1.82, 2.24) is 9.88 Å². The zero-order chi connectivity index (χ0) is 12.8. The first-order valence-electron chi connectivity index (χ1n) is 6.42. The van der Waals surface area contributed by atoms with Crippen LogP contribution in [0.25, 0.3) is 0 Å². The molecular weight excluding hydrogens is 264 g/mol. The van der Waals surface area contributed by atoms with E-state index in [4.69, 9.17) is 5.73 Å². The van der Waals surface area contributed by atoms with E-state index in [2.05, 4.69) is 21.0 Å². The fraction of sp³-hybridized carbons (Fsp3) is 0.750. The van der Waals surface area contributed by atoms with Gasteiger partial charge in [-0.05, 0) is 18.4 Å². The summed E-state index contributed by atoms with van der Waals surface area (Å²) >= 11 is 3.63. The normalized spacial score (nSPS) is 19.1. The van der Waals surface area contributed by atoms with E-state index in [1.165, 1.54) is 12.2 Å². The highest BCUT2D eigenvalue weighted by Crippen LogP contribution is 2.20. The Hall–Kier alpha value is -0.300. The topological polar surface area (TPSA) is 45.4 Å². The molecule has 2 N–H and O–H groups in total. The second-order valence-electron chi connectivity index (χ2n) is 4.51. The Morgan fingerprint density at radius 2 is 2.22 bits per heavy atom. The van der Waals surface area contributed by atoms with Crippen molar-refractivity contribution in [3.63, 3.8) is 0 Å². The van der Waals surface area contributed by atoms with E-state index in [0.29, 0.717) is 6.04 Å². The molecule has 1 atom stereocenters. The van der Waals surface area contributed by atoms with Crippen LogP contribution in [-0.4, -0.2) is 60.7 Å². The van der Waals surface area contributed by atoms with Gasteiger partial charge in [-0.3, -0.25) is 4.90 Å². The third-order valence-corrected chi connectivity index (χ3v) is 4.92. The number of thiazole rings is 1. The molecule has 18 heavy (non-hydrogen) atoms. The molecule has 1 aromatic heterocycles. The Labute approximate surface area is 118 Å². The smallest absolute Gasteiger partial charge is 0.185 e. The molecule has 4 nitrogen and oxygen atoms in total. The van der Waals surface area contributed by atoms with Crippen molar-refractivity contribution < 1.29 is 0 Å². The number of nitrogens with zero attached hydrogens (tertiary/aromatic N) is 3. The third kappa shape index (κ3) is 3.60. The summed E-state index contributed by atoms with van der Waals surface area (Å²) in [6.07, 6.45) is 5.25. The molecule has 1 aliphatic rings. The fourth-order valence-electron chi connectivity index (χ4n) is 2.35. The van der Waals surface area contributed by atoms with Crippen LogP contribution in [0.2, 0.25) is 0 Å². The van der Waals surface area contributed by atoms with Crippen LogP contribution in [0, 0.1) is 0 Å². The second-order valence-corrected chi connectivity index (χ2v) is 6.37. The Morgan fingerprint density at radius 3 is 2.78 bits per heavy atom. The first-order valence-corrected chi connectivity index (χ1v) is 8.70. The van der Waals surface area contributed by atoms with Crippen molar-refractivity contribution in [3.05, 3.63) is 11.6 Å². The fourth-order valence-corrected chi connectivity index (χ4v) is 3.56. The molecule has 0 bridgehead atoms. The quantitative estimate of drug-likeness (QED) is 0.855. The van der Waals surface area contributed by atoms with E-state index in [1.54, 1.807) is 11.3 Å². The van der Waals surface area contributed by atoms with Crippen molar-refractivity contribution >= 4 is 28.2 Å². The van der Waals surface area contributed by atoms with Gasteiger partial charge in [-0.2, -0.15) is 11.8 Å². The molecule has 1 saturated heterocycles. The number of piperazine rings is 1. The average molecular weight is 286 g/mol. The van der Waals surface area contributed by atoms with Gasteiger partial charge in [-0.25, -0.2) is 4.98 Å². The largest absolute Gasteiger partial charge is 0.346 e. The molecule has 1 fully saturated rings. The van der Waals surface area contributed by atoms with Gasteiger partial charge in [0.2, 0.25) is 0 Å². The molecule has 0 spiro atoms. The van der Waals surface area contributed by atoms with Crippen molar-refractivity contribution in [2.45, 2.75) is 12.5 Å². The van der Waals surface area contributed by atoms with Gasteiger partial charge < -0.3 is 10.6 Å². The van der Waals surface area contributed by atoms with E-state index in [1.807, 2.05) is 23.3 Å². The zero-order valence-electron chi connectivity index (χ0n) is 10.9. The molecule has 102 valence electrons. The zero-order valence-corrected chi connectivity index (χ0v) is 12.6. The van der Waals surface area contributed by atoms with Gasteiger partial charge in [0, 0.05) is 50.3 Å². The number of hydrogen-bond donors (Lipinski definition) is 1. The average Bonchev–Trinajstić information content (AvgIpc) is 2.94. The first-order chi connectivity index (χ1) is 8.85.